The van der Waals surface area contributed by atoms with Crippen LogP contribution in [0.1, 0.15) is 37.4 Å². The van der Waals surface area contributed by atoms with Crippen molar-refractivity contribution in [2.24, 2.45) is 0 Å². The number of hydrogen-bond acceptors (Lipinski definition) is 4. The highest BCUT2D eigenvalue weighted by Gasteiger charge is 2.36. The molecule has 1 unspecified atom stereocenters. The van der Waals surface area contributed by atoms with Gasteiger partial charge < -0.3 is 9.80 Å². The lowest BCUT2D eigenvalue weighted by atomic mass is 9.77. The summed E-state index contributed by atoms with van der Waals surface area (Å²) in [7, 11) is 1.90. The van der Waals surface area contributed by atoms with Crippen LogP contribution in [0.4, 0.5) is 5.69 Å². The van der Waals surface area contributed by atoms with E-state index in [1.54, 1.807) is 30.1 Å². The second-order valence-corrected chi connectivity index (χ2v) is 10.2. The maximum atomic E-state index is 13.0. The molecule has 1 aliphatic heterocycles. The van der Waals surface area contributed by atoms with Gasteiger partial charge in [-0.2, -0.15) is 0 Å². The van der Waals surface area contributed by atoms with Crippen LogP contribution in [0.5, 0.6) is 0 Å². The Bertz CT molecular complexity index is 1000. The van der Waals surface area contributed by atoms with Crippen molar-refractivity contribution in [3.05, 3.63) is 59.7 Å². The van der Waals surface area contributed by atoms with Gasteiger partial charge in [-0.05, 0) is 43.4 Å². The summed E-state index contributed by atoms with van der Waals surface area (Å²) in [6.45, 7) is 4.20. The standard InChI is InChI=1S/C22H29N3O3S/c1-22(2)14-21(26)25(5)19-12-11-17(13-18(19)22)29(27,28)23-15-20(24(3)4)16-9-7-6-8-10-16/h6-13,20,23H,14-15H2,1-5H3. The molecule has 2 aromatic carbocycles. The Morgan fingerprint density at radius 2 is 1.79 bits per heavy atom. The fourth-order valence-electron chi connectivity index (χ4n) is 3.79. The van der Waals surface area contributed by atoms with E-state index in [1.165, 1.54) is 0 Å². The fraction of sp³-hybridized carbons (Fsp3) is 0.409. The van der Waals surface area contributed by atoms with Crippen LogP contribution in [0.3, 0.4) is 0 Å². The summed E-state index contributed by atoms with van der Waals surface area (Å²) in [6, 6.07) is 14.7. The van der Waals surface area contributed by atoms with Crippen LogP contribution in [0.2, 0.25) is 0 Å². The normalized spacial score (nSPS) is 17.3. The topological polar surface area (TPSA) is 69.7 Å². The molecule has 0 bridgehead atoms. The fourth-order valence-corrected chi connectivity index (χ4v) is 4.85. The summed E-state index contributed by atoms with van der Waals surface area (Å²) in [5, 5.41) is 0. The van der Waals surface area contributed by atoms with Crippen molar-refractivity contribution in [2.45, 2.75) is 36.6 Å². The number of hydrogen-bond donors (Lipinski definition) is 1. The van der Waals surface area contributed by atoms with Crippen molar-refractivity contribution in [1.82, 2.24) is 9.62 Å². The van der Waals surface area contributed by atoms with Gasteiger partial charge in [0.2, 0.25) is 15.9 Å². The monoisotopic (exact) mass is 415 g/mol. The molecule has 2 aromatic rings. The Labute approximate surface area is 173 Å². The average molecular weight is 416 g/mol. The maximum absolute atomic E-state index is 13.0. The summed E-state index contributed by atoms with van der Waals surface area (Å²) in [5.41, 5.74) is 2.27. The van der Waals surface area contributed by atoms with Crippen molar-refractivity contribution in [1.29, 1.82) is 0 Å². The Balaban J connectivity index is 1.88. The number of likely N-dealkylation sites (N-methyl/N-ethyl adjacent to an activating group) is 1. The number of benzene rings is 2. The number of fused-ring (bicyclic) bond motifs is 1. The number of sulfonamides is 1. The predicted octanol–water partition coefficient (Wildman–Crippen LogP) is 2.91. The number of anilines is 1. The van der Waals surface area contributed by atoms with Gasteiger partial charge in [0.25, 0.3) is 0 Å². The van der Waals surface area contributed by atoms with E-state index in [1.807, 2.05) is 63.2 Å². The minimum Gasteiger partial charge on any atom is -0.315 e. The lowest BCUT2D eigenvalue weighted by Crippen LogP contribution is -2.40. The number of nitrogens with zero attached hydrogens (tertiary/aromatic N) is 2. The summed E-state index contributed by atoms with van der Waals surface area (Å²) >= 11 is 0. The second-order valence-electron chi connectivity index (χ2n) is 8.43. The predicted molar refractivity (Wildman–Crippen MR) is 116 cm³/mol. The van der Waals surface area contributed by atoms with Gasteiger partial charge >= 0.3 is 0 Å². The number of carbonyl (C=O) groups is 1. The molecule has 1 atom stereocenters. The first kappa shape index (κ1) is 21.5. The van der Waals surface area contributed by atoms with Crippen LogP contribution in [0.15, 0.2) is 53.4 Å². The summed E-state index contributed by atoms with van der Waals surface area (Å²) < 4.78 is 28.8. The van der Waals surface area contributed by atoms with Gasteiger partial charge in [-0.1, -0.05) is 44.2 Å². The molecule has 0 spiro atoms. The molecule has 29 heavy (non-hydrogen) atoms. The van der Waals surface area contributed by atoms with Crippen LogP contribution in [0, 0.1) is 0 Å². The molecule has 3 rings (SSSR count). The minimum absolute atomic E-state index is 0.0351. The number of rotatable bonds is 6. The molecule has 1 heterocycles. The molecule has 1 N–H and O–H groups in total. The number of nitrogens with one attached hydrogen (secondary N) is 1. The van der Waals surface area contributed by atoms with Gasteiger partial charge in [-0.15, -0.1) is 0 Å². The number of amides is 1. The maximum Gasteiger partial charge on any atom is 0.240 e. The summed E-state index contributed by atoms with van der Waals surface area (Å²) in [4.78, 5) is 16.0. The van der Waals surface area contributed by atoms with Crippen LogP contribution in [0.25, 0.3) is 0 Å². The third kappa shape index (κ3) is 4.37. The zero-order valence-electron chi connectivity index (χ0n) is 17.6. The molecule has 0 saturated heterocycles. The van der Waals surface area contributed by atoms with Crippen LogP contribution < -0.4 is 9.62 Å². The van der Waals surface area contributed by atoms with Crippen molar-refractivity contribution < 1.29 is 13.2 Å². The van der Waals surface area contributed by atoms with Crippen LogP contribution in [-0.2, 0) is 20.2 Å². The first-order chi connectivity index (χ1) is 13.5. The molecule has 6 nitrogen and oxygen atoms in total. The molecule has 1 amide bonds. The Hall–Kier alpha value is -2.22. The second kappa shape index (κ2) is 7.89. The Morgan fingerprint density at radius 1 is 1.14 bits per heavy atom. The third-order valence-electron chi connectivity index (χ3n) is 5.61. The van der Waals surface area contributed by atoms with Crippen LogP contribution in [-0.4, -0.2) is 46.9 Å². The quantitative estimate of drug-likeness (QED) is 0.788. The van der Waals surface area contributed by atoms with E-state index in [9.17, 15) is 13.2 Å². The first-order valence-corrected chi connectivity index (χ1v) is 11.1. The molecule has 156 valence electrons. The molecule has 0 aromatic heterocycles. The van der Waals surface area contributed by atoms with E-state index in [0.717, 1.165) is 16.8 Å². The molecule has 0 radical (unpaired) electrons. The molecular weight excluding hydrogens is 386 g/mol. The lowest BCUT2D eigenvalue weighted by Gasteiger charge is -2.37. The van der Waals surface area contributed by atoms with E-state index < -0.39 is 15.4 Å². The van der Waals surface area contributed by atoms with Crippen molar-refractivity contribution in [3.8, 4) is 0 Å². The SMILES string of the molecule is CN1C(=O)CC(C)(C)c2cc(S(=O)(=O)NCC(c3ccccc3)N(C)C)ccc21. The Kier molecular flexibility index (Phi) is 5.85. The molecule has 0 saturated carbocycles. The average Bonchev–Trinajstić information content (AvgIpc) is 2.66. The van der Waals surface area contributed by atoms with Gasteiger partial charge in [0.15, 0.2) is 0 Å². The molecule has 0 aliphatic carbocycles. The molecule has 0 fully saturated rings. The highest BCUT2D eigenvalue weighted by atomic mass is 32.2. The number of carbonyl (C=O) groups excluding carboxylic acids is 1. The van der Waals surface area contributed by atoms with Gasteiger partial charge in [-0.25, -0.2) is 13.1 Å². The largest absolute Gasteiger partial charge is 0.315 e. The van der Waals surface area contributed by atoms with Gasteiger partial charge in [0.1, 0.15) is 0 Å². The molecular formula is C22H29N3O3S. The zero-order valence-corrected chi connectivity index (χ0v) is 18.5. The molecule has 1 aliphatic rings. The van der Waals surface area contributed by atoms with E-state index in [2.05, 4.69) is 4.72 Å². The van der Waals surface area contributed by atoms with Gasteiger partial charge in [0.05, 0.1) is 4.90 Å². The van der Waals surface area contributed by atoms with Crippen LogP contribution >= 0.6 is 0 Å². The third-order valence-corrected chi connectivity index (χ3v) is 7.03. The van der Waals surface area contributed by atoms with E-state index in [-0.39, 0.29) is 23.4 Å². The smallest absolute Gasteiger partial charge is 0.240 e. The minimum atomic E-state index is -3.69. The summed E-state index contributed by atoms with van der Waals surface area (Å²) in [5.74, 6) is 0.0351. The van der Waals surface area contributed by atoms with Crippen molar-refractivity contribution >= 4 is 21.6 Å². The van der Waals surface area contributed by atoms with Gasteiger partial charge in [0, 0.05) is 37.2 Å². The van der Waals surface area contributed by atoms with E-state index >= 15 is 0 Å². The Morgan fingerprint density at radius 3 is 2.41 bits per heavy atom. The van der Waals surface area contributed by atoms with Crippen molar-refractivity contribution in [2.75, 3.05) is 32.6 Å². The van der Waals surface area contributed by atoms with Crippen molar-refractivity contribution in [3.63, 3.8) is 0 Å². The highest BCUT2D eigenvalue weighted by molar-refractivity contribution is 7.89. The molecule has 7 heteroatoms. The first-order valence-electron chi connectivity index (χ1n) is 9.65. The highest BCUT2D eigenvalue weighted by Crippen LogP contribution is 2.40. The lowest BCUT2D eigenvalue weighted by molar-refractivity contribution is -0.119. The van der Waals surface area contributed by atoms with Gasteiger partial charge in [-0.3, -0.25) is 4.79 Å². The zero-order chi connectivity index (χ0) is 21.4. The summed E-state index contributed by atoms with van der Waals surface area (Å²) in [6.07, 6.45) is 0.351. The van der Waals surface area contributed by atoms with E-state index in [0.29, 0.717) is 6.42 Å². The van der Waals surface area contributed by atoms with E-state index in [4.69, 9.17) is 0 Å².